The summed E-state index contributed by atoms with van der Waals surface area (Å²) in [6, 6.07) is 2.93. The number of nitrogens with one attached hydrogen (secondary N) is 1. The Bertz CT molecular complexity index is 585. The van der Waals surface area contributed by atoms with E-state index in [-0.39, 0.29) is 10.9 Å². The van der Waals surface area contributed by atoms with Crippen LogP contribution in [-0.4, -0.2) is 10.9 Å². The van der Waals surface area contributed by atoms with Crippen molar-refractivity contribution in [3.63, 3.8) is 0 Å². The largest absolute Gasteiger partial charge is 0.392 e. The van der Waals surface area contributed by atoms with Gasteiger partial charge in [0.25, 0.3) is 0 Å². The van der Waals surface area contributed by atoms with Crippen LogP contribution >= 0.6 is 28.1 Å². The number of nitrogens with two attached hydrogens (primary N) is 1. The van der Waals surface area contributed by atoms with Gasteiger partial charge in [-0.1, -0.05) is 19.1 Å². The molecular formula is C14H16BrFN2OS. The van der Waals surface area contributed by atoms with E-state index in [0.717, 1.165) is 5.56 Å². The first-order chi connectivity index (χ1) is 9.26. The highest BCUT2D eigenvalue weighted by atomic mass is 79.9. The molecule has 1 aliphatic carbocycles. The molecule has 1 amide bonds. The van der Waals surface area contributed by atoms with Crippen LogP contribution in [0.15, 0.2) is 16.6 Å². The first-order valence-electron chi connectivity index (χ1n) is 6.33. The van der Waals surface area contributed by atoms with Gasteiger partial charge in [-0.3, -0.25) is 4.79 Å². The second kappa shape index (κ2) is 5.41. The fraction of sp³-hybridized carbons (Fsp3) is 0.429. The number of anilines is 1. The molecule has 108 valence electrons. The molecule has 0 spiro atoms. The second-order valence-corrected chi connectivity index (χ2v) is 6.79. The summed E-state index contributed by atoms with van der Waals surface area (Å²) < 4.78 is 13.9. The topological polar surface area (TPSA) is 55.1 Å². The van der Waals surface area contributed by atoms with Crippen LogP contribution in [0.4, 0.5) is 10.1 Å². The quantitative estimate of drug-likeness (QED) is 0.812. The Morgan fingerprint density at radius 3 is 2.65 bits per heavy atom. The number of thiocarbonyl (C=S) groups is 1. The number of hydrogen-bond donors (Lipinski definition) is 2. The van der Waals surface area contributed by atoms with E-state index in [4.69, 9.17) is 18.0 Å². The fourth-order valence-corrected chi connectivity index (χ4v) is 3.37. The zero-order valence-electron chi connectivity index (χ0n) is 11.3. The third-order valence-electron chi connectivity index (χ3n) is 3.82. The number of aryl methyl sites for hydroxylation is 1. The lowest BCUT2D eigenvalue weighted by molar-refractivity contribution is -0.127. The molecule has 1 fully saturated rings. The van der Waals surface area contributed by atoms with E-state index in [0.29, 0.717) is 28.9 Å². The minimum absolute atomic E-state index is 0.211. The van der Waals surface area contributed by atoms with Crippen LogP contribution < -0.4 is 11.1 Å². The van der Waals surface area contributed by atoms with Crippen molar-refractivity contribution >= 4 is 44.7 Å². The number of benzene rings is 1. The summed E-state index contributed by atoms with van der Waals surface area (Å²) in [7, 11) is 0. The van der Waals surface area contributed by atoms with Crippen molar-refractivity contribution in [2.24, 2.45) is 17.1 Å². The van der Waals surface area contributed by atoms with E-state index in [1.165, 1.54) is 6.07 Å². The molecule has 0 bridgehead atoms. The van der Waals surface area contributed by atoms with Gasteiger partial charge in [-0.15, -0.1) is 0 Å². The smallest absolute Gasteiger partial charge is 0.237 e. The summed E-state index contributed by atoms with van der Waals surface area (Å²) in [4.78, 5) is 12.7. The standard InChI is InChI=1S/C14H16BrFN2OS/c1-7-5-14(6-7,12(17)20)13(19)18-11-4-10(16)9(15)3-8(11)2/h3-4,7H,5-6H2,1-2H3,(H2,17,20)(H,18,19). The Labute approximate surface area is 131 Å². The monoisotopic (exact) mass is 358 g/mol. The van der Waals surface area contributed by atoms with Crippen LogP contribution in [0.25, 0.3) is 0 Å². The van der Waals surface area contributed by atoms with Gasteiger partial charge in [0.15, 0.2) is 0 Å². The molecule has 1 aromatic carbocycles. The van der Waals surface area contributed by atoms with Crippen molar-refractivity contribution in [3.05, 3.63) is 28.0 Å². The number of hydrogen-bond acceptors (Lipinski definition) is 2. The van der Waals surface area contributed by atoms with Crippen molar-refractivity contribution in [2.75, 3.05) is 5.32 Å². The molecular weight excluding hydrogens is 343 g/mol. The van der Waals surface area contributed by atoms with E-state index < -0.39 is 11.2 Å². The van der Waals surface area contributed by atoms with Gasteiger partial charge >= 0.3 is 0 Å². The van der Waals surface area contributed by atoms with Crippen molar-refractivity contribution < 1.29 is 9.18 Å². The maximum Gasteiger partial charge on any atom is 0.237 e. The SMILES string of the molecule is Cc1cc(Br)c(F)cc1NC(=O)C1(C(N)=S)CC(C)C1. The van der Waals surface area contributed by atoms with Crippen LogP contribution in [0.2, 0.25) is 0 Å². The predicted octanol–water partition coefficient (Wildman–Crippen LogP) is 3.54. The molecule has 6 heteroatoms. The van der Waals surface area contributed by atoms with Crippen LogP contribution in [0.5, 0.6) is 0 Å². The molecule has 1 saturated carbocycles. The molecule has 0 aliphatic heterocycles. The lowest BCUT2D eigenvalue weighted by atomic mass is 9.62. The zero-order chi connectivity index (χ0) is 15.1. The van der Waals surface area contributed by atoms with Crippen LogP contribution in [0, 0.1) is 24.1 Å². The summed E-state index contributed by atoms with van der Waals surface area (Å²) in [6.45, 7) is 3.85. The van der Waals surface area contributed by atoms with Gasteiger partial charge in [-0.05, 0) is 59.3 Å². The third kappa shape index (κ3) is 2.59. The molecule has 0 atom stereocenters. The number of halogens is 2. The van der Waals surface area contributed by atoms with Crippen molar-refractivity contribution in [3.8, 4) is 0 Å². The molecule has 3 N–H and O–H groups in total. The number of carbonyl (C=O) groups excluding carboxylic acids is 1. The van der Waals surface area contributed by atoms with Crippen molar-refractivity contribution in [1.82, 2.24) is 0 Å². The molecule has 0 saturated heterocycles. The summed E-state index contributed by atoms with van der Waals surface area (Å²) >= 11 is 8.15. The highest BCUT2D eigenvalue weighted by Crippen LogP contribution is 2.46. The molecule has 0 heterocycles. The van der Waals surface area contributed by atoms with E-state index in [9.17, 15) is 9.18 Å². The fourth-order valence-electron chi connectivity index (χ4n) is 2.65. The summed E-state index contributed by atoms with van der Waals surface area (Å²) in [6.07, 6.45) is 1.29. The highest BCUT2D eigenvalue weighted by molar-refractivity contribution is 9.10. The van der Waals surface area contributed by atoms with Crippen molar-refractivity contribution in [1.29, 1.82) is 0 Å². The first kappa shape index (κ1) is 15.4. The molecule has 0 radical (unpaired) electrons. The second-order valence-electron chi connectivity index (χ2n) is 5.50. The van der Waals surface area contributed by atoms with Gasteiger partial charge < -0.3 is 11.1 Å². The minimum Gasteiger partial charge on any atom is -0.392 e. The Morgan fingerprint density at radius 1 is 1.55 bits per heavy atom. The molecule has 1 aromatic rings. The number of amides is 1. The Hall–Kier alpha value is -1.01. The Balaban J connectivity index is 2.24. The number of carbonyl (C=O) groups is 1. The van der Waals surface area contributed by atoms with Gasteiger partial charge in [0.05, 0.1) is 14.9 Å². The highest BCUT2D eigenvalue weighted by Gasteiger charge is 2.50. The molecule has 0 unspecified atom stereocenters. The lowest BCUT2D eigenvalue weighted by Crippen LogP contribution is -2.53. The molecule has 0 aromatic heterocycles. The van der Waals surface area contributed by atoms with Crippen LogP contribution in [0.3, 0.4) is 0 Å². The van der Waals surface area contributed by atoms with Gasteiger partial charge in [0, 0.05) is 5.69 Å². The average Bonchev–Trinajstić information content (AvgIpc) is 2.31. The van der Waals surface area contributed by atoms with Gasteiger partial charge in [0.1, 0.15) is 5.82 Å². The van der Waals surface area contributed by atoms with Crippen molar-refractivity contribution in [2.45, 2.75) is 26.7 Å². The predicted molar refractivity (Wildman–Crippen MR) is 85.1 cm³/mol. The molecule has 1 aliphatic rings. The third-order valence-corrected chi connectivity index (χ3v) is 4.81. The maximum absolute atomic E-state index is 13.6. The number of rotatable bonds is 3. The van der Waals surface area contributed by atoms with E-state index in [1.54, 1.807) is 13.0 Å². The minimum atomic E-state index is -0.787. The normalized spacial score (nSPS) is 24.9. The van der Waals surface area contributed by atoms with E-state index in [2.05, 4.69) is 21.2 Å². The van der Waals surface area contributed by atoms with E-state index in [1.807, 2.05) is 6.92 Å². The summed E-state index contributed by atoms with van der Waals surface area (Å²) in [5.74, 6) is -0.241. The summed E-state index contributed by atoms with van der Waals surface area (Å²) in [5.41, 5.74) is 6.17. The summed E-state index contributed by atoms with van der Waals surface area (Å²) in [5, 5.41) is 2.76. The molecule has 2 rings (SSSR count). The van der Waals surface area contributed by atoms with E-state index >= 15 is 0 Å². The first-order valence-corrected chi connectivity index (χ1v) is 7.53. The molecule has 3 nitrogen and oxygen atoms in total. The average molecular weight is 359 g/mol. The maximum atomic E-state index is 13.6. The van der Waals surface area contributed by atoms with Gasteiger partial charge in [0.2, 0.25) is 5.91 Å². The van der Waals surface area contributed by atoms with Gasteiger partial charge in [-0.2, -0.15) is 0 Å². The molecule has 20 heavy (non-hydrogen) atoms. The van der Waals surface area contributed by atoms with Crippen LogP contribution in [-0.2, 0) is 4.79 Å². The lowest BCUT2D eigenvalue weighted by Gasteiger charge is -2.44. The Kier molecular flexibility index (Phi) is 4.16. The Morgan fingerprint density at radius 2 is 2.15 bits per heavy atom. The van der Waals surface area contributed by atoms with Crippen LogP contribution in [0.1, 0.15) is 25.3 Å². The van der Waals surface area contributed by atoms with Gasteiger partial charge in [-0.25, -0.2) is 4.39 Å². The zero-order valence-corrected chi connectivity index (χ0v) is 13.7.